The first kappa shape index (κ1) is 25.3. The van der Waals surface area contributed by atoms with Gasteiger partial charge in [-0.2, -0.15) is 5.10 Å². The lowest BCUT2D eigenvalue weighted by atomic mass is 10.0. The van der Waals surface area contributed by atoms with E-state index in [1.165, 1.54) is 12.1 Å². The number of aliphatic hydroxyl groups is 1. The van der Waals surface area contributed by atoms with E-state index in [9.17, 15) is 13.6 Å². The predicted octanol–water partition coefficient (Wildman–Crippen LogP) is 3.48. The maximum atomic E-state index is 14.8. The fraction of sp³-hybridized carbons (Fsp3) is 0.444. The van der Waals surface area contributed by atoms with Crippen LogP contribution in [0.15, 0.2) is 43.0 Å². The van der Waals surface area contributed by atoms with Crippen molar-refractivity contribution in [3.63, 3.8) is 0 Å². The summed E-state index contributed by atoms with van der Waals surface area (Å²) in [6, 6.07) is 4.61. The molecular formula is C27H32F2N6O2. The number of carbonyl (C=O) groups excluding carboxylic acids is 1. The number of alkyl halides is 1. The number of pyridine rings is 1. The Morgan fingerprint density at radius 1 is 1.16 bits per heavy atom. The van der Waals surface area contributed by atoms with Crippen LogP contribution in [0, 0.1) is 12.7 Å². The highest BCUT2D eigenvalue weighted by molar-refractivity contribution is 5.95. The molecule has 5 rings (SSSR count). The van der Waals surface area contributed by atoms with Crippen LogP contribution in [0.25, 0.3) is 16.8 Å². The smallest absolute Gasteiger partial charge is 0.254 e. The van der Waals surface area contributed by atoms with Crippen molar-refractivity contribution in [3.05, 3.63) is 59.9 Å². The Labute approximate surface area is 214 Å². The molecule has 196 valence electrons. The van der Waals surface area contributed by atoms with E-state index < -0.39 is 17.9 Å². The van der Waals surface area contributed by atoms with Gasteiger partial charge in [-0.1, -0.05) is 0 Å². The minimum Gasteiger partial charge on any atom is -0.396 e. The van der Waals surface area contributed by atoms with Crippen LogP contribution >= 0.6 is 0 Å². The molecule has 3 N–H and O–H groups in total. The Bertz CT molecular complexity index is 1260. The summed E-state index contributed by atoms with van der Waals surface area (Å²) < 4.78 is 31.0. The van der Waals surface area contributed by atoms with Crippen molar-refractivity contribution < 1.29 is 18.7 Å². The van der Waals surface area contributed by atoms with Crippen molar-refractivity contribution in [1.29, 1.82) is 0 Å². The number of benzene rings is 1. The summed E-state index contributed by atoms with van der Waals surface area (Å²) in [4.78, 5) is 18.9. The number of hydrogen-bond donors (Lipinski definition) is 3. The second-order valence-electron chi connectivity index (χ2n) is 9.94. The molecule has 37 heavy (non-hydrogen) atoms. The number of halogens is 2. The second kappa shape index (κ2) is 10.9. The molecular weight excluding hydrogens is 478 g/mol. The van der Waals surface area contributed by atoms with Gasteiger partial charge < -0.3 is 20.6 Å². The molecule has 1 aliphatic heterocycles. The normalized spacial score (nSPS) is 20.1. The number of hydrogen-bond acceptors (Lipinski definition) is 6. The lowest BCUT2D eigenvalue weighted by Gasteiger charge is -2.35. The first-order chi connectivity index (χ1) is 17.9. The van der Waals surface area contributed by atoms with Crippen molar-refractivity contribution in [1.82, 2.24) is 25.0 Å². The third-order valence-corrected chi connectivity index (χ3v) is 6.95. The van der Waals surface area contributed by atoms with E-state index in [4.69, 9.17) is 5.11 Å². The number of aliphatic hydroxyl groups excluding tert-OH is 1. The monoisotopic (exact) mass is 510 g/mol. The molecule has 1 saturated heterocycles. The lowest BCUT2D eigenvalue weighted by molar-refractivity contribution is 0.0947. The Hall–Kier alpha value is -3.37. The van der Waals surface area contributed by atoms with Crippen molar-refractivity contribution in [2.45, 2.75) is 50.9 Å². The van der Waals surface area contributed by atoms with E-state index in [1.807, 2.05) is 11.0 Å². The minimum atomic E-state index is -1.02. The average molecular weight is 511 g/mol. The van der Waals surface area contributed by atoms with Crippen LogP contribution in [0.4, 0.5) is 14.5 Å². The summed E-state index contributed by atoms with van der Waals surface area (Å²) in [5, 5.41) is 19.6. The molecule has 8 nitrogen and oxygen atoms in total. The summed E-state index contributed by atoms with van der Waals surface area (Å²) in [7, 11) is 0. The SMILES string of the molecule is Cc1cc(F)c(C(=O)NC2CC2)cc1-n1cc(-c2cncc(NC3CCN(CCCO)CC3F)c2)cn1. The summed E-state index contributed by atoms with van der Waals surface area (Å²) in [5.41, 5.74) is 3.59. The molecule has 1 saturated carbocycles. The number of carbonyl (C=O) groups is 1. The molecule has 3 heterocycles. The molecule has 2 aromatic heterocycles. The van der Waals surface area contributed by atoms with E-state index in [0.29, 0.717) is 37.2 Å². The molecule has 1 aromatic carbocycles. The molecule has 0 bridgehead atoms. The van der Waals surface area contributed by atoms with Crippen molar-refractivity contribution in [2.24, 2.45) is 0 Å². The molecule has 1 aliphatic carbocycles. The number of aryl methyl sites for hydroxylation is 1. The number of nitrogens with zero attached hydrogens (tertiary/aromatic N) is 4. The van der Waals surface area contributed by atoms with Crippen LogP contribution in [0.2, 0.25) is 0 Å². The summed E-state index contributed by atoms with van der Waals surface area (Å²) >= 11 is 0. The van der Waals surface area contributed by atoms with Gasteiger partial charge >= 0.3 is 0 Å². The van der Waals surface area contributed by atoms with Gasteiger partial charge in [0, 0.05) is 62.0 Å². The molecule has 2 atom stereocenters. The Kier molecular flexibility index (Phi) is 7.48. The maximum Gasteiger partial charge on any atom is 0.254 e. The third-order valence-electron chi connectivity index (χ3n) is 6.95. The third kappa shape index (κ3) is 5.97. The van der Waals surface area contributed by atoms with Crippen molar-refractivity contribution >= 4 is 11.6 Å². The number of amides is 1. The van der Waals surface area contributed by atoms with Crippen LogP contribution in [0.3, 0.4) is 0 Å². The number of nitrogens with one attached hydrogen (secondary N) is 2. The zero-order valence-corrected chi connectivity index (χ0v) is 20.8. The van der Waals surface area contributed by atoms with Gasteiger partial charge in [0.05, 0.1) is 29.2 Å². The predicted molar refractivity (Wildman–Crippen MR) is 137 cm³/mol. The summed E-state index contributed by atoms with van der Waals surface area (Å²) in [6.45, 7) is 3.70. The molecule has 10 heteroatoms. The van der Waals surface area contributed by atoms with Crippen LogP contribution < -0.4 is 10.6 Å². The fourth-order valence-electron chi connectivity index (χ4n) is 4.70. The van der Waals surface area contributed by atoms with Gasteiger partial charge in [-0.15, -0.1) is 0 Å². The van der Waals surface area contributed by atoms with Gasteiger partial charge in [0.15, 0.2) is 0 Å². The number of piperidine rings is 1. The highest BCUT2D eigenvalue weighted by Gasteiger charge is 2.29. The zero-order valence-electron chi connectivity index (χ0n) is 20.8. The van der Waals surface area contributed by atoms with Crippen LogP contribution in [-0.4, -0.2) is 75.2 Å². The lowest BCUT2D eigenvalue weighted by Crippen LogP contribution is -2.48. The number of rotatable bonds is 9. The Morgan fingerprint density at radius 2 is 2.00 bits per heavy atom. The highest BCUT2D eigenvalue weighted by atomic mass is 19.1. The van der Waals surface area contributed by atoms with E-state index in [1.54, 1.807) is 36.4 Å². The van der Waals surface area contributed by atoms with Crippen molar-refractivity contribution in [3.8, 4) is 16.8 Å². The fourth-order valence-corrected chi connectivity index (χ4v) is 4.70. The Morgan fingerprint density at radius 3 is 2.76 bits per heavy atom. The minimum absolute atomic E-state index is 0.000555. The maximum absolute atomic E-state index is 14.8. The van der Waals surface area contributed by atoms with Crippen LogP contribution in [0.5, 0.6) is 0 Å². The van der Waals surface area contributed by atoms with Crippen LogP contribution in [0.1, 0.15) is 41.6 Å². The van der Waals surface area contributed by atoms with E-state index >= 15 is 0 Å². The Balaban J connectivity index is 1.30. The largest absolute Gasteiger partial charge is 0.396 e. The molecule has 2 unspecified atom stereocenters. The van der Waals surface area contributed by atoms with Gasteiger partial charge in [0.2, 0.25) is 0 Å². The zero-order chi connectivity index (χ0) is 25.9. The van der Waals surface area contributed by atoms with E-state index in [0.717, 1.165) is 36.2 Å². The first-order valence-corrected chi connectivity index (χ1v) is 12.8. The highest BCUT2D eigenvalue weighted by Crippen LogP contribution is 2.27. The summed E-state index contributed by atoms with van der Waals surface area (Å²) in [6.07, 6.45) is 9.01. The van der Waals surface area contributed by atoms with Gasteiger partial charge in [0.25, 0.3) is 5.91 Å². The van der Waals surface area contributed by atoms with Crippen molar-refractivity contribution in [2.75, 3.05) is 31.6 Å². The molecule has 1 amide bonds. The van der Waals surface area contributed by atoms with Crippen LogP contribution in [-0.2, 0) is 0 Å². The van der Waals surface area contributed by atoms with Gasteiger partial charge in [-0.25, -0.2) is 13.5 Å². The number of anilines is 1. The molecule has 2 aliphatic rings. The summed E-state index contributed by atoms with van der Waals surface area (Å²) in [5.74, 6) is -0.970. The average Bonchev–Trinajstić information content (AvgIpc) is 3.56. The van der Waals surface area contributed by atoms with Gasteiger partial charge in [-0.05, 0) is 56.4 Å². The molecule has 0 spiro atoms. The molecule has 3 aromatic rings. The second-order valence-corrected chi connectivity index (χ2v) is 9.94. The quantitative estimate of drug-likeness (QED) is 0.408. The first-order valence-electron chi connectivity index (χ1n) is 12.8. The standard InChI is InChI=1S/C27H32F2N6O2/c1-17-9-23(28)22(27(37)33-20-3-4-20)11-26(17)35-15-19(13-31-35)18-10-21(14-30-12-18)32-25-5-7-34(6-2-8-36)16-24(25)29/h9-15,20,24-25,32,36H,2-8,16H2,1H3,(H,33,37). The van der Waals surface area contributed by atoms with E-state index in [2.05, 4.69) is 20.7 Å². The molecule has 0 radical (unpaired) electrons. The molecule has 2 fully saturated rings. The number of aromatic nitrogens is 3. The van der Waals surface area contributed by atoms with Gasteiger partial charge in [-0.3, -0.25) is 9.78 Å². The van der Waals surface area contributed by atoms with E-state index in [-0.39, 0.29) is 24.3 Å². The topological polar surface area (TPSA) is 95.3 Å². The number of likely N-dealkylation sites (tertiary alicyclic amines) is 1. The van der Waals surface area contributed by atoms with Gasteiger partial charge in [0.1, 0.15) is 12.0 Å².